The number of hydrogen-bond donors (Lipinski definition) is 0. The van der Waals surface area contributed by atoms with E-state index in [1.54, 1.807) is 0 Å². The predicted octanol–water partition coefficient (Wildman–Crippen LogP) is 4.21. The van der Waals surface area contributed by atoms with Crippen LogP contribution in [0.5, 0.6) is 0 Å². The molecule has 0 aliphatic carbocycles. The molecular weight excluding hydrogens is 331 g/mol. The van der Waals surface area contributed by atoms with Gasteiger partial charge in [-0.2, -0.15) is 8.42 Å². The third kappa shape index (κ3) is 4.83. The Morgan fingerprint density at radius 1 is 1.00 bits per heavy atom. The van der Waals surface area contributed by atoms with Crippen LogP contribution in [0.1, 0.15) is 50.7 Å². The normalized spacial score (nSPS) is 11.5. The Balaban J connectivity index is 0.00000288. The number of rotatable bonds is 8. The molecule has 3 nitrogen and oxygen atoms in total. The van der Waals surface area contributed by atoms with Gasteiger partial charge in [-0.25, -0.2) is 0 Å². The van der Waals surface area contributed by atoms with Crippen LogP contribution in [-0.4, -0.2) is 45.1 Å². The first-order valence-electron chi connectivity index (χ1n) is 8.39. The van der Waals surface area contributed by atoms with Crippen molar-refractivity contribution in [2.75, 3.05) is 7.11 Å². The summed E-state index contributed by atoms with van der Waals surface area (Å²) in [7, 11) is -2.49. The van der Waals surface area contributed by atoms with Crippen LogP contribution in [0.4, 0.5) is 0 Å². The molecule has 0 bridgehead atoms. The molecule has 0 saturated carbocycles. The van der Waals surface area contributed by atoms with Gasteiger partial charge in [-0.1, -0.05) is 57.0 Å². The quantitative estimate of drug-likeness (QED) is 0.524. The summed E-state index contributed by atoms with van der Waals surface area (Å²) in [6.07, 6.45) is 5.84. The molecular formula is C19H27NaO3S. The van der Waals surface area contributed by atoms with Gasteiger partial charge < -0.3 is 0 Å². The summed E-state index contributed by atoms with van der Waals surface area (Å²) in [6.45, 7) is 4.27. The molecule has 0 radical (unpaired) electrons. The summed E-state index contributed by atoms with van der Waals surface area (Å²) in [5.74, 6) is 0. The van der Waals surface area contributed by atoms with E-state index in [-0.39, 0.29) is 29.6 Å². The molecule has 5 heteroatoms. The molecule has 128 valence electrons. The molecule has 0 amide bonds. The minimum absolute atomic E-state index is 0. The number of aryl methyl sites for hydroxylation is 1. The van der Waals surface area contributed by atoms with Gasteiger partial charge in [-0.15, -0.1) is 0 Å². The zero-order valence-electron chi connectivity index (χ0n) is 14.3. The van der Waals surface area contributed by atoms with Crippen molar-refractivity contribution in [1.82, 2.24) is 0 Å². The topological polar surface area (TPSA) is 43.4 Å². The summed E-state index contributed by atoms with van der Waals surface area (Å²) in [6, 6.07) is 9.83. The second kappa shape index (κ2) is 9.93. The third-order valence-corrected chi connectivity index (χ3v) is 5.65. The van der Waals surface area contributed by atoms with E-state index in [4.69, 9.17) is 4.18 Å². The van der Waals surface area contributed by atoms with Gasteiger partial charge in [0.1, 0.15) is 4.90 Å². The maximum absolute atomic E-state index is 12.6. The second-order valence-electron chi connectivity index (χ2n) is 5.89. The molecule has 24 heavy (non-hydrogen) atoms. The van der Waals surface area contributed by atoms with E-state index >= 15 is 0 Å². The van der Waals surface area contributed by atoms with Gasteiger partial charge in [-0.05, 0) is 42.2 Å². The van der Waals surface area contributed by atoms with E-state index in [0.717, 1.165) is 60.4 Å². The standard InChI is InChI=1S/C19H26O3S.Na.H/c1-4-6-10-15-14-16-11-8-9-13-18(16)19(23(20,21)22-3)17(15)12-7-5-2;;/h8-9,11,13-14H,4-7,10,12H2,1-3H3;;. The summed E-state index contributed by atoms with van der Waals surface area (Å²) >= 11 is 0. The van der Waals surface area contributed by atoms with Gasteiger partial charge in [0, 0.05) is 5.39 Å². The summed E-state index contributed by atoms with van der Waals surface area (Å²) < 4.78 is 30.1. The fourth-order valence-electron chi connectivity index (χ4n) is 3.00. The van der Waals surface area contributed by atoms with E-state index in [9.17, 15) is 8.42 Å². The van der Waals surface area contributed by atoms with E-state index in [1.807, 2.05) is 24.3 Å². The van der Waals surface area contributed by atoms with Crippen LogP contribution in [0.3, 0.4) is 0 Å². The first-order chi connectivity index (χ1) is 11.0. The van der Waals surface area contributed by atoms with Crippen molar-refractivity contribution >= 4 is 50.4 Å². The fraction of sp³-hybridized carbons (Fsp3) is 0.474. The van der Waals surface area contributed by atoms with Crippen molar-refractivity contribution in [1.29, 1.82) is 0 Å². The van der Waals surface area contributed by atoms with Gasteiger partial charge >= 0.3 is 29.6 Å². The number of unbranched alkanes of at least 4 members (excludes halogenated alkanes) is 2. The van der Waals surface area contributed by atoms with Crippen LogP contribution in [0.15, 0.2) is 35.2 Å². The average molecular weight is 358 g/mol. The molecule has 0 heterocycles. The van der Waals surface area contributed by atoms with Crippen LogP contribution in [-0.2, 0) is 27.1 Å². The zero-order chi connectivity index (χ0) is 16.9. The zero-order valence-corrected chi connectivity index (χ0v) is 15.1. The molecule has 0 unspecified atom stereocenters. The Labute approximate surface area is 168 Å². The van der Waals surface area contributed by atoms with Crippen LogP contribution >= 0.6 is 0 Å². The second-order valence-corrected chi connectivity index (χ2v) is 7.54. The van der Waals surface area contributed by atoms with Crippen LogP contribution in [0.25, 0.3) is 10.8 Å². The van der Waals surface area contributed by atoms with Gasteiger partial charge in [0.15, 0.2) is 0 Å². The fourth-order valence-corrected chi connectivity index (χ4v) is 4.16. The molecule has 2 aromatic rings. The van der Waals surface area contributed by atoms with Crippen molar-refractivity contribution < 1.29 is 12.6 Å². The van der Waals surface area contributed by atoms with E-state index in [1.165, 1.54) is 7.11 Å². The molecule has 0 aromatic heterocycles. The van der Waals surface area contributed by atoms with E-state index in [2.05, 4.69) is 19.9 Å². The van der Waals surface area contributed by atoms with Gasteiger partial charge in [0.25, 0.3) is 10.1 Å². The van der Waals surface area contributed by atoms with E-state index < -0.39 is 10.1 Å². The number of benzene rings is 2. The molecule has 2 aromatic carbocycles. The number of fused-ring (bicyclic) bond motifs is 1. The summed E-state index contributed by atoms with van der Waals surface area (Å²) in [5, 5.41) is 1.73. The van der Waals surface area contributed by atoms with Gasteiger partial charge in [0.05, 0.1) is 7.11 Å². The first-order valence-corrected chi connectivity index (χ1v) is 9.80. The van der Waals surface area contributed by atoms with Crippen LogP contribution in [0, 0.1) is 0 Å². The Hall–Kier alpha value is -0.390. The Bertz CT molecular complexity index is 770. The van der Waals surface area contributed by atoms with Gasteiger partial charge in [-0.3, -0.25) is 4.18 Å². The Kier molecular flexibility index (Phi) is 8.96. The maximum atomic E-state index is 12.6. The van der Waals surface area contributed by atoms with Crippen molar-refractivity contribution in [3.63, 3.8) is 0 Å². The Morgan fingerprint density at radius 2 is 1.62 bits per heavy atom. The minimum atomic E-state index is -3.73. The number of hydrogen-bond acceptors (Lipinski definition) is 3. The monoisotopic (exact) mass is 358 g/mol. The summed E-state index contributed by atoms with van der Waals surface area (Å²) in [4.78, 5) is 0.373. The molecule has 0 atom stereocenters. The van der Waals surface area contributed by atoms with Crippen molar-refractivity contribution in [2.24, 2.45) is 0 Å². The van der Waals surface area contributed by atoms with Crippen LogP contribution < -0.4 is 0 Å². The third-order valence-electron chi connectivity index (χ3n) is 4.25. The molecule has 0 saturated heterocycles. The molecule has 0 fully saturated rings. The first kappa shape index (κ1) is 21.7. The SMILES string of the molecule is CCCCc1cc2ccccc2c(S(=O)(=O)OC)c1CCCC.[NaH]. The molecule has 0 aliphatic rings. The van der Waals surface area contributed by atoms with Crippen molar-refractivity contribution in [3.05, 3.63) is 41.5 Å². The summed E-state index contributed by atoms with van der Waals surface area (Å²) in [5.41, 5.74) is 2.09. The predicted molar refractivity (Wildman–Crippen MR) is 103 cm³/mol. The molecule has 2 rings (SSSR count). The van der Waals surface area contributed by atoms with E-state index in [0.29, 0.717) is 4.90 Å². The van der Waals surface area contributed by atoms with Gasteiger partial charge in [0.2, 0.25) is 0 Å². The van der Waals surface area contributed by atoms with Crippen molar-refractivity contribution in [2.45, 2.75) is 57.3 Å². The average Bonchev–Trinajstić information content (AvgIpc) is 2.57. The van der Waals surface area contributed by atoms with Crippen LogP contribution in [0.2, 0.25) is 0 Å². The Morgan fingerprint density at radius 3 is 2.25 bits per heavy atom. The molecule has 0 N–H and O–H groups in total. The molecule has 0 aliphatic heterocycles. The van der Waals surface area contributed by atoms with Crippen molar-refractivity contribution in [3.8, 4) is 0 Å². The molecule has 0 spiro atoms.